The highest BCUT2D eigenvalue weighted by Crippen LogP contribution is 2.23. The molecule has 112 valence electrons. The molecule has 0 aliphatic carbocycles. The lowest BCUT2D eigenvalue weighted by molar-refractivity contribution is 0.0943. The molecule has 1 aromatic carbocycles. The van der Waals surface area contributed by atoms with Gasteiger partial charge in [-0.25, -0.2) is 9.97 Å². The molecule has 0 bridgehead atoms. The Balaban J connectivity index is 2.04. The number of hydrogen-bond acceptors (Lipinski definition) is 3. The first kappa shape index (κ1) is 14.3. The summed E-state index contributed by atoms with van der Waals surface area (Å²) in [4.78, 5) is 21.1. The van der Waals surface area contributed by atoms with Gasteiger partial charge in [0.05, 0.1) is 0 Å². The summed E-state index contributed by atoms with van der Waals surface area (Å²) < 4.78 is 1.94. The normalized spacial score (nSPS) is 11.1. The van der Waals surface area contributed by atoms with E-state index in [-0.39, 0.29) is 11.9 Å². The summed E-state index contributed by atoms with van der Waals surface area (Å²) in [5, 5.41) is 2.90. The van der Waals surface area contributed by atoms with Gasteiger partial charge in [0.2, 0.25) is 0 Å². The van der Waals surface area contributed by atoms with E-state index >= 15 is 0 Å². The fourth-order valence-electron chi connectivity index (χ4n) is 2.43. The molecule has 2 heterocycles. The highest BCUT2D eigenvalue weighted by molar-refractivity contribution is 5.95. The van der Waals surface area contributed by atoms with Gasteiger partial charge in [0.1, 0.15) is 11.3 Å². The largest absolute Gasteiger partial charge is 0.350 e. The summed E-state index contributed by atoms with van der Waals surface area (Å²) in [7, 11) is 1.93. The number of amides is 1. The molecule has 22 heavy (non-hydrogen) atoms. The minimum absolute atomic E-state index is 0.0752. The van der Waals surface area contributed by atoms with Crippen molar-refractivity contribution in [1.82, 2.24) is 19.9 Å². The van der Waals surface area contributed by atoms with Crippen molar-refractivity contribution < 1.29 is 4.79 Å². The summed E-state index contributed by atoms with van der Waals surface area (Å²) >= 11 is 0. The third-order valence-electron chi connectivity index (χ3n) is 3.43. The lowest BCUT2D eigenvalue weighted by Gasteiger charge is -2.09. The first-order valence-corrected chi connectivity index (χ1v) is 7.25. The number of imidazole rings is 1. The minimum Gasteiger partial charge on any atom is -0.350 e. The highest BCUT2D eigenvalue weighted by Gasteiger charge is 2.13. The standard InChI is InChI=1S/C17H18N4O/c1-11(2)19-17(22)13-7-4-6-12(10-13)15-20-14-8-5-9-18-16(14)21(15)3/h4-11H,1-3H3,(H,19,22). The van der Waals surface area contributed by atoms with E-state index in [4.69, 9.17) is 0 Å². The van der Waals surface area contributed by atoms with Crippen LogP contribution in [0.3, 0.4) is 0 Å². The van der Waals surface area contributed by atoms with Crippen LogP contribution in [0.1, 0.15) is 24.2 Å². The number of nitrogens with one attached hydrogen (secondary N) is 1. The molecule has 0 radical (unpaired) electrons. The van der Waals surface area contributed by atoms with Crippen molar-refractivity contribution in [1.29, 1.82) is 0 Å². The number of nitrogens with zero attached hydrogens (tertiary/aromatic N) is 3. The zero-order chi connectivity index (χ0) is 15.7. The molecule has 0 aliphatic heterocycles. The van der Waals surface area contributed by atoms with Crippen LogP contribution in [0, 0.1) is 0 Å². The van der Waals surface area contributed by atoms with E-state index in [1.807, 2.05) is 61.9 Å². The van der Waals surface area contributed by atoms with Gasteiger partial charge in [-0.1, -0.05) is 12.1 Å². The molecule has 0 fully saturated rings. The van der Waals surface area contributed by atoms with Gasteiger partial charge in [0.15, 0.2) is 5.65 Å². The average Bonchev–Trinajstić information content (AvgIpc) is 2.84. The maximum absolute atomic E-state index is 12.1. The predicted molar refractivity (Wildman–Crippen MR) is 86.5 cm³/mol. The Labute approximate surface area is 129 Å². The van der Waals surface area contributed by atoms with Gasteiger partial charge in [-0.15, -0.1) is 0 Å². The maximum Gasteiger partial charge on any atom is 0.251 e. The SMILES string of the molecule is CC(C)NC(=O)c1cccc(-c2nc3cccnc3n2C)c1. The van der Waals surface area contributed by atoms with Crippen LogP contribution >= 0.6 is 0 Å². The fourth-order valence-corrected chi connectivity index (χ4v) is 2.43. The van der Waals surface area contributed by atoms with Crippen LogP contribution in [0.2, 0.25) is 0 Å². The maximum atomic E-state index is 12.1. The van der Waals surface area contributed by atoms with Gasteiger partial charge < -0.3 is 9.88 Å². The van der Waals surface area contributed by atoms with E-state index in [0.29, 0.717) is 5.56 Å². The second-order valence-corrected chi connectivity index (χ2v) is 5.55. The molecule has 0 aliphatic rings. The van der Waals surface area contributed by atoms with Crippen molar-refractivity contribution in [2.75, 3.05) is 0 Å². The van der Waals surface area contributed by atoms with Crippen LogP contribution in [-0.2, 0) is 7.05 Å². The number of rotatable bonds is 3. The number of carbonyl (C=O) groups is 1. The summed E-state index contributed by atoms with van der Waals surface area (Å²) in [5.74, 6) is 0.724. The van der Waals surface area contributed by atoms with Crippen molar-refractivity contribution in [3.8, 4) is 11.4 Å². The third kappa shape index (κ3) is 2.57. The van der Waals surface area contributed by atoms with Crippen molar-refractivity contribution in [2.45, 2.75) is 19.9 Å². The van der Waals surface area contributed by atoms with E-state index in [0.717, 1.165) is 22.6 Å². The van der Waals surface area contributed by atoms with Crippen LogP contribution < -0.4 is 5.32 Å². The van der Waals surface area contributed by atoms with Crippen molar-refractivity contribution in [3.05, 3.63) is 48.2 Å². The van der Waals surface area contributed by atoms with Gasteiger partial charge >= 0.3 is 0 Å². The molecule has 5 nitrogen and oxygen atoms in total. The molecule has 0 saturated heterocycles. The van der Waals surface area contributed by atoms with Crippen LogP contribution in [0.15, 0.2) is 42.6 Å². The molecule has 0 saturated carbocycles. The molecule has 5 heteroatoms. The Bertz CT molecular complexity index is 836. The van der Waals surface area contributed by atoms with Gasteiger partial charge in [-0.05, 0) is 38.1 Å². The number of aryl methyl sites for hydroxylation is 1. The predicted octanol–water partition coefficient (Wildman–Crippen LogP) is 2.77. The van der Waals surface area contributed by atoms with E-state index in [9.17, 15) is 4.79 Å². The Morgan fingerprint density at radius 3 is 2.77 bits per heavy atom. The molecule has 2 aromatic heterocycles. The number of fused-ring (bicyclic) bond motifs is 1. The fraction of sp³-hybridized carbons (Fsp3) is 0.235. The summed E-state index contributed by atoms with van der Waals surface area (Å²) in [5.41, 5.74) is 3.20. The summed E-state index contributed by atoms with van der Waals surface area (Å²) in [6, 6.07) is 11.4. The van der Waals surface area contributed by atoms with Crippen LogP contribution in [0.25, 0.3) is 22.6 Å². The monoisotopic (exact) mass is 294 g/mol. The average molecular weight is 294 g/mol. The molecule has 0 atom stereocenters. The number of pyridine rings is 1. The van der Waals surface area contributed by atoms with Crippen LogP contribution in [-0.4, -0.2) is 26.5 Å². The Morgan fingerprint density at radius 2 is 2.05 bits per heavy atom. The number of hydrogen-bond donors (Lipinski definition) is 1. The minimum atomic E-state index is -0.0752. The quantitative estimate of drug-likeness (QED) is 0.808. The van der Waals surface area contributed by atoms with Crippen LogP contribution in [0.5, 0.6) is 0 Å². The van der Waals surface area contributed by atoms with E-state index in [1.54, 1.807) is 6.20 Å². The Morgan fingerprint density at radius 1 is 1.23 bits per heavy atom. The lowest BCUT2D eigenvalue weighted by Crippen LogP contribution is -2.30. The first-order valence-electron chi connectivity index (χ1n) is 7.25. The number of benzene rings is 1. The second-order valence-electron chi connectivity index (χ2n) is 5.55. The molecule has 3 aromatic rings. The van der Waals surface area contributed by atoms with E-state index < -0.39 is 0 Å². The lowest BCUT2D eigenvalue weighted by atomic mass is 10.1. The third-order valence-corrected chi connectivity index (χ3v) is 3.43. The van der Waals surface area contributed by atoms with Crippen molar-refractivity contribution in [2.24, 2.45) is 7.05 Å². The van der Waals surface area contributed by atoms with Gasteiger partial charge in [-0.3, -0.25) is 4.79 Å². The molecule has 0 spiro atoms. The molecule has 1 N–H and O–H groups in total. The number of aromatic nitrogens is 3. The van der Waals surface area contributed by atoms with Crippen molar-refractivity contribution >= 4 is 17.1 Å². The summed E-state index contributed by atoms with van der Waals surface area (Å²) in [6.45, 7) is 3.89. The summed E-state index contributed by atoms with van der Waals surface area (Å²) in [6.07, 6.45) is 1.75. The zero-order valence-electron chi connectivity index (χ0n) is 12.9. The van der Waals surface area contributed by atoms with E-state index in [2.05, 4.69) is 15.3 Å². The van der Waals surface area contributed by atoms with Crippen LogP contribution in [0.4, 0.5) is 0 Å². The number of carbonyl (C=O) groups excluding carboxylic acids is 1. The Kier molecular flexibility index (Phi) is 3.63. The molecular weight excluding hydrogens is 276 g/mol. The highest BCUT2D eigenvalue weighted by atomic mass is 16.1. The topological polar surface area (TPSA) is 59.8 Å². The molecule has 0 unspecified atom stereocenters. The van der Waals surface area contributed by atoms with E-state index in [1.165, 1.54) is 0 Å². The Hall–Kier alpha value is -2.69. The van der Waals surface area contributed by atoms with Gasteiger partial charge in [0, 0.05) is 30.4 Å². The molecular formula is C17H18N4O. The van der Waals surface area contributed by atoms with Crippen molar-refractivity contribution in [3.63, 3.8) is 0 Å². The smallest absolute Gasteiger partial charge is 0.251 e. The van der Waals surface area contributed by atoms with Gasteiger partial charge in [-0.2, -0.15) is 0 Å². The molecule has 3 rings (SSSR count). The zero-order valence-corrected chi connectivity index (χ0v) is 12.9. The molecule has 1 amide bonds. The first-order chi connectivity index (χ1) is 10.6. The second kappa shape index (κ2) is 5.60. The van der Waals surface area contributed by atoms with Gasteiger partial charge in [0.25, 0.3) is 5.91 Å².